The summed E-state index contributed by atoms with van der Waals surface area (Å²) >= 11 is 0. The Balaban J connectivity index is 1.50. The average molecular weight is 333 g/mol. The lowest BCUT2D eigenvalue weighted by atomic mass is 10.1. The highest BCUT2D eigenvalue weighted by molar-refractivity contribution is 6.01. The Bertz CT molecular complexity index is 920. The third-order valence-electron chi connectivity index (χ3n) is 5.11. The molecule has 2 aromatic carbocycles. The van der Waals surface area contributed by atoms with Gasteiger partial charge in [-0.1, -0.05) is 30.3 Å². The second kappa shape index (κ2) is 6.28. The summed E-state index contributed by atoms with van der Waals surface area (Å²) in [4.78, 5) is 20.6. The van der Waals surface area contributed by atoms with Crippen LogP contribution in [0.15, 0.2) is 48.5 Å². The number of aromatic amines is 1. The molecule has 0 atom stereocenters. The summed E-state index contributed by atoms with van der Waals surface area (Å²) in [7, 11) is 0. The van der Waals surface area contributed by atoms with E-state index in [4.69, 9.17) is 0 Å². The summed E-state index contributed by atoms with van der Waals surface area (Å²) in [6, 6.07) is 16.7. The number of carbonyl (C=O) groups excluding carboxylic acids is 1. The van der Waals surface area contributed by atoms with E-state index >= 15 is 0 Å². The van der Waals surface area contributed by atoms with Crippen molar-refractivity contribution in [3.05, 3.63) is 65.4 Å². The number of benzene rings is 2. The minimum Gasteiger partial charge on any atom is -0.368 e. The van der Waals surface area contributed by atoms with Crippen molar-refractivity contribution in [1.82, 2.24) is 9.88 Å². The molecule has 4 rings (SSSR count). The first-order valence-corrected chi connectivity index (χ1v) is 8.81. The number of rotatable bonds is 2. The predicted molar refractivity (Wildman–Crippen MR) is 102 cm³/mol. The maximum Gasteiger partial charge on any atom is 0.270 e. The van der Waals surface area contributed by atoms with Crippen LogP contribution in [0.25, 0.3) is 10.9 Å². The van der Waals surface area contributed by atoms with E-state index in [9.17, 15) is 4.79 Å². The molecule has 0 bridgehead atoms. The highest BCUT2D eigenvalue weighted by Crippen LogP contribution is 2.24. The van der Waals surface area contributed by atoms with Gasteiger partial charge in [-0.3, -0.25) is 4.79 Å². The van der Waals surface area contributed by atoms with Gasteiger partial charge in [-0.25, -0.2) is 0 Å². The second-order valence-corrected chi connectivity index (χ2v) is 6.79. The van der Waals surface area contributed by atoms with Gasteiger partial charge in [-0.05, 0) is 43.2 Å². The summed E-state index contributed by atoms with van der Waals surface area (Å²) in [5.74, 6) is 0.109. The molecule has 1 aromatic heterocycles. The van der Waals surface area contributed by atoms with Gasteiger partial charge in [0.2, 0.25) is 0 Å². The quantitative estimate of drug-likeness (QED) is 0.776. The minimum atomic E-state index is 0.109. The lowest BCUT2D eigenvalue weighted by Gasteiger charge is -2.36. The van der Waals surface area contributed by atoms with Gasteiger partial charge in [0.1, 0.15) is 5.69 Å². The van der Waals surface area contributed by atoms with Crippen LogP contribution in [0.1, 0.15) is 21.6 Å². The van der Waals surface area contributed by atoms with Crippen molar-refractivity contribution in [2.45, 2.75) is 13.8 Å². The second-order valence-electron chi connectivity index (χ2n) is 6.79. The van der Waals surface area contributed by atoms with Crippen LogP contribution >= 0.6 is 0 Å². The topological polar surface area (TPSA) is 39.3 Å². The number of carbonyl (C=O) groups is 1. The number of piperazine rings is 1. The van der Waals surface area contributed by atoms with Gasteiger partial charge >= 0.3 is 0 Å². The van der Waals surface area contributed by atoms with E-state index in [1.807, 2.05) is 30.0 Å². The van der Waals surface area contributed by atoms with Gasteiger partial charge < -0.3 is 14.8 Å². The van der Waals surface area contributed by atoms with Crippen molar-refractivity contribution in [3.8, 4) is 0 Å². The van der Waals surface area contributed by atoms with Crippen LogP contribution in [-0.2, 0) is 0 Å². The molecule has 1 saturated heterocycles. The van der Waals surface area contributed by atoms with Gasteiger partial charge in [0, 0.05) is 42.8 Å². The van der Waals surface area contributed by atoms with E-state index in [1.165, 1.54) is 11.3 Å². The molecule has 3 aromatic rings. The summed E-state index contributed by atoms with van der Waals surface area (Å²) in [6.07, 6.45) is 0. The maximum absolute atomic E-state index is 13.0. The number of aryl methyl sites for hydroxylation is 2. The van der Waals surface area contributed by atoms with E-state index < -0.39 is 0 Å². The molecule has 4 nitrogen and oxygen atoms in total. The summed E-state index contributed by atoms with van der Waals surface area (Å²) < 4.78 is 0. The number of hydrogen-bond donors (Lipinski definition) is 1. The summed E-state index contributed by atoms with van der Waals surface area (Å²) in [6.45, 7) is 7.38. The van der Waals surface area contributed by atoms with Crippen LogP contribution in [0.2, 0.25) is 0 Å². The van der Waals surface area contributed by atoms with Crippen LogP contribution < -0.4 is 4.90 Å². The molecule has 0 aliphatic carbocycles. The lowest BCUT2D eigenvalue weighted by Crippen LogP contribution is -2.49. The van der Waals surface area contributed by atoms with Gasteiger partial charge in [-0.2, -0.15) is 0 Å². The fraction of sp³-hybridized carbons (Fsp3) is 0.286. The summed E-state index contributed by atoms with van der Waals surface area (Å²) in [5.41, 5.74) is 5.31. The van der Waals surface area contributed by atoms with Crippen LogP contribution in [0.3, 0.4) is 0 Å². The normalized spacial score (nSPS) is 15.0. The van der Waals surface area contributed by atoms with E-state index in [0.717, 1.165) is 48.3 Å². The molecule has 0 radical (unpaired) electrons. The van der Waals surface area contributed by atoms with Gasteiger partial charge in [-0.15, -0.1) is 0 Å². The first-order valence-electron chi connectivity index (χ1n) is 8.81. The van der Waals surface area contributed by atoms with Crippen molar-refractivity contribution >= 4 is 22.5 Å². The molecule has 0 saturated carbocycles. The molecule has 1 aliphatic rings. The highest BCUT2D eigenvalue weighted by atomic mass is 16.2. The third kappa shape index (κ3) is 2.88. The third-order valence-corrected chi connectivity index (χ3v) is 5.11. The SMILES string of the molecule is Cc1cccc(N2CCN(C(=O)c3[nH]c4ccccc4c3C)CC2)c1. The van der Waals surface area contributed by atoms with E-state index in [0.29, 0.717) is 0 Å². The van der Waals surface area contributed by atoms with Gasteiger partial charge in [0.05, 0.1) is 0 Å². The Kier molecular flexibility index (Phi) is 3.96. The molecule has 4 heteroatoms. The Morgan fingerprint density at radius 3 is 2.44 bits per heavy atom. The van der Waals surface area contributed by atoms with Crippen LogP contribution in [-0.4, -0.2) is 42.0 Å². The molecule has 1 N–H and O–H groups in total. The number of H-pyrrole nitrogens is 1. The number of anilines is 1. The Morgan fingerprint density at radius 1 is 0.960 bits per heavy atom. The Hall–Kier alpha value is -2.75. The van der Waals surface area contributed by atoms with Gasteiger partial charge in [0.25, 0.3) is 5.91 Å². The largest absolute Gasteiger partial charge is 0.368 e. The van der Waals surface area contributed by atoms with E-state index in [1.54, 1.807) is 0 Å². The van der Waals surface area contributed by atoms with Crippen molar-refractivity contribution in [1.29, 1.82) is 0 Å². The molecular formula is C21H23N3O. The van der Waals surface area contributed by atoms with Crippen molar-refractivity contribution < 1.29 is 4.79 Å². The average Bonchev–Trinajstić information content (AvgIpc) is 2.98. The molecular weight excluding hydrogens is 310 g/mol. The molecule has 0 spiro atoms. The molecule has 2 heterocycles. The molecule has 1 aliphatic heterocycles. The number of amides is 1. The number of nitrogens with zero attached hydrogens (tertiary/aromatic N) is 2. The minimum absolute atomic E-state index is 0.109. The first-order chi connectivity index (χ1) is 12.1. The molecule has 1 amide bonds. The summed E-state index contributed by atoms with van der Waals surface area (Å²) in [5, 5.41) is 1.13. The predicted octanol–water partition coefficient (Wildman–Crippen LogP) is 3.75. The highest BCUT2D eigenvalue weighted by Gasteiger charge is 2.25. The number of hydrogen-bond acceptors (Lipinski definition) is 2. The fourth-order valence-electron chi connectivity index (χ4n) is 3.65. The van der Waals surface area contributed by atoms with Gasteiger partial charge in [0.15, 0.2) is 0 Å². The monoisotopic (exact) mass is 333 g/mol. The fourth-order valence-corrected chi connectivity index (χ4v) is 3.65. The zero-order valence-electron chi connectivity index (χ0n) is 14.7. The Morgan fingerprint density at radius 2 is 1.72 bits per heavy atom. The smallest absolute Gasteiger partial charge is 0.270 e. The maximum atomic E-state index is 13.0. The van der Waals surface area contributed by atoms with E-state index in [2.05, 4.69) is 47.1 Å². The van der Waals surface area contributed by atoms with Crippen molar-refractivity contribution in [2.24, 2.45) is 0 Å². The van der Waals surface area contributed by atoms with Crippen molar-refractivity contribution in [2.75, 3.05) is 31.1 Å². The molecule has 25 heavy (non-hydrogen) atoms. The standard InChI is InChI=1S/C21H23N3O/c1-15-6-5-7-17(14-15)23-10-12-24(13-11-23)21(25)20-16(2)18-8-3-4-9-19(18)22-20/h3-9,14,22H,10-13H2,1-2H3. The number of aromatic nitrogens is 1. The first kappa shape index (κ1) is 15.8. The number of nitrogens with one attached hydrogen (secondary N) is 1. The van der Waals surface area contributed by atoms with Crippen LogP contribution in [0.5, 0.6) is 0 Å². The lowest BCUT2D eigenvalue weighted by molar-refractivity contribution is 0.0741. The molecule has 0 unspecified atom stereocenters. The van der Waals surface area contributed by atoms with Crippen LogP contribution in [0.4, 0.5) is 5.69 Å². The van der Waals surface area contributed by atoms with E-state index in [-0.39, 0.29) is 5.91 Å². The number of fused-ring (bicyclic) bond motifs is 1. The molecule has 1 fully saturated rings. The Labute approximate surface area is 148 Å². The van der Waals surface area contributed by atoms with Crippen molar-refractivity contribution in [3.63, 3.8) is 0 Å². The zero-order chi connectivity index (χ0) is 17.4. The number of para-hydroxylation sites is 1. The molecule has 128 valence electrons. The van der Waals surface area contributed by atoms with Crippen LogP contribution in [0, 0.1) is 13.8 Å². The zero-order valence-corrected chi connectivity index (χ0v) is 14.7.